The van der Waals surface area contributed by atoms with E-state index in [-0.39, 0.29) is 16.7 Å². The number of aliphatic hydroxyl groups excluding tert-OH is 1. The molecule has 1 aromatic carbocycles. The Hall–Kier alpha value is -1.66. The van der Waals surface area contributed by atoms with Crippen molar-refractivity contribution in [3.63, 3.8) is 0 Å². The van der Waals surface area contributed by atoms with Crippen LogP contribution in [0.2, 0.25) is 0 Å². The van der Waals surface area contributed by atoms with Crippen molar-refractivity contribution >= 4 is 11.4 Å². The molecule has 0 radical (unpaired) electrons. The van der Waals surface area contributed by atoms with E-state index >= 15 is 0 Å². The van der Waals surface area contributed by atoms with Crippen LogP contribution in [0.5, 0.6) is 0 Å². The van der Waals surface area contributed by atoms with Gasteiger partial charge in [-0.2, -0.15) is 0 Å². The van der Waals surface area contributed by atoms with Crippen molar-refractivity contribution in [1.82, 2.24) is 4.90 Å². The Labute approximate surface area is 123 Å². The summed E-state index contributed by atoms with van der Waals surface area (Å²) in [6.07, 6.45) is 1.85. The van der Waals surface area contributed by atoms with Gasteiger partial charge in [-0.3, -0.25) is 15.0 Å². The highest BCUT2D eigenvalue weighted by atomic mass is 16.6. The predicted octanol–water partition coefficient (Wildman–Crippen LogP) is 1.84. The van der Waals surface area contributed by atoms with E-state index in [1.807, 2.05) is 6.07 Å². The van der Waals surface area contributed by atoms with Gasteiger partial charge < -0.3 is 10.4 Å². The molecule has 114 valence electrons. The van der Waals surface area contributed by atoms with Gasteiger partial charge in [0.05, 0.1) is 11.0 Å². The Morgan fingerprint density at radius 2 is 2.24 bits per heavy atom. The molecule has 1 aromatic rings. The highest BCUT2D eigenvalue weighted by molar-refractivity contribution is 5.62. The normalized spacial score (nSPS) is 28.6. The second-order valence-electron chi connectivity index (χ2n) is 6.12. The minimum atomic E-state index is -0.349. The predicted molar refractivity (Wildman–Crippen MR) is 80.1 cm³/mol. The van der Waals surface area contributed by atoms with Gasteiger partial charge >= 0.3 is 0 Å². The minimum Gasteiger partial charge on any atom is -0.393 e. The lowest BCUT2D eigenvalue weighted by Crippen LogP contribution is -2.24. The van der Waals surface area contributed by atoms with Crippen LogP contribution in [0.25, 0.3) is 0 Å². The Balaban J connectivity index is 1.71. The molecule has 6 heteroatoms. The molecule has 0 amide bonds. The zero-order valence-electron chi connectivity index (χ0n) is 12.2. The maximum atomic E-state index is 11.1. The van der Waals surface area contributed by atoms with Gasteiger partial charge in [0.15, 0.2) is 0 Å². The van der Waals surface area contributed by atoms with Crippen LogP contribution >= 0.6 is 0 Å². The van der Waals surface area contributed by atoms with Crippen molar-refractivity contribution in [3.05, 3.63) is 33.9 Å². The van der Waals surface area contributed by atoms with Crippen LogP contribution < -0.4 is 5.32 Å². The first kappa shape index (κ1) is 14.3. The van der Waals surface area contributed by atoms with Crippen LogP contribution in [0.3, 0.4) is 0 Å². The Morgan fingerprint density at radius 3 is 2.90 bits per heavy atom. The molecule has 0 aromatic heterocycles. The molecule has 0 bridgehead atoms. The number of nitro groups is 1. The lowest BCUT2D eigenvalue weighted by atomic mass is 10.00. The number of nitrogens with one attached hydrogen (secondary N) is 1. The molecular weight excluding hydrogens is 270 g/mol. The van der Waals surface area contributed by atoms with Crippen molar-refractivity contribution in [2.45, 2.75) is 25.5 Å². The third-order valence-corrected chi connectivity index (χ3v) is 4.83. The van der Waals surface area contributed by atoms with Gasteiger partial charge in [0.1, 0.15) is 5.69 Å². The van der Waals surface area contributed by atoms with E-state index in [2.05, 4.69) is 10.2 Å². The summed E-state index contributed by atoms with van der Waals surface area (Å²) >= 11 is 0. The maximum Gasteiger partial charge on any atom is 0.292 e. The van der Waals surface area contributed by atoms with Crippen molar-refractivity contribution in [3.8, 4) is 0 Å². The lowest BCUT2D eigenvalue weighted by molar-refractivity contribution is -0.384. The Kier molecular flexibility index (Phi) is 3.82. The second kappa shape index (κ2) is 5.61. The summed E-state index contributed by atoms with van der Waals surface area (Å²) in [5.74, 6) is 0.975. The van der Waals surface area contributed by atoms with E-state index in [9.17, 15) is 15.2 Å². The number of likely N-dealkylation sites (tertiary alicyclic amines) is 1. The van der Waals surface area contributed by atoms with Crippen molar-refractivity contribution in [1.29, 1.82) is 0 Å². The number of hydrogen-bond donors (Lipinski definition) is 2. The fourth-order valence-electron chi connectivity index (χ4n) is 3.75. The molecule has 3 rings (SSSR count). The Bertz CT molecular complexity index is 549. The molecule has 1 saturated heterocycles. The van der Waals surface area contributed by atoms with Crippen molar-refractivity contribution < 1.29 is 10.0 Å². The van der Waals surface area contributed by atoms with Crippen LogP contribution in [0, 0.1) is 22.0 Å². The lowest BCUT2D eigenvalue weighted by Gasteiger charge is -2.18. The van der Waals surface area contributed by atoms with Crippen LogP contribution in [0.15, 0.2) is 18.2 Å². The molecular formula is C15H21N3O3. The molecule has 3 atom stereocenters. The number of nitro benzene ring substituents is 1. The van der Waals surface area contributed by atoms with Gasteiger partial charge in [-0.05, 0) is 30.4 Å². The SMILES string of the molecule is CNc1ccc(CN2CC3CCC(O)C3C2)cc1[N+](=O)[O-]. The largest absolute Gasteiger partial charge is 0.393 e. The number of fused-ring (bicyclic) bond motifs is 1. The molecule has 3 unspecified atom stereocenters. The summed E-state index contributed by atoms with van der Waals surface area (Å²) in [4.78, 5) is 13.0. The summed E-state index contributed by atoms with van der Waals surface area (Å²) in [5.41, 5.74) is 1.61. The van der Waals surface area contributed by atoms with Crippen molar-refractivity contribution in [2.24, 2.45) is 11.8 Å². The van der Waals surface area contributed by atoms with E-state index < -0.39 is 0 Å². The highest BCUT2D eigenvalue weighted by Gasteiger charge is 2.41. The zero-order valence-corrected chi connectivity index (χ0v) is 12.2. The summed E-state index contributed by atoms with van der Waals surface area (Å²) in [6.45, 7) is 2.60. The van der Waals surface area contributed by atoms with Crippen LogP contribution in [-0.4, -0.2) is 41.2 Å². The first-order valence-electron chi connectivity index (χ1n) is 7.44. The quantitative estimate of drug-likeness (QED) is 0.653. The van der Waals surface area contributed by atoms with Gasteiger partial charge in [-0.1, -0.05) is 6.07 Å². The van der Waals surface area contributed by atoms with Gasteiger partial charge in [0.25, 0.3) is 5.69 Å². The number of benzene rings is 1. The van der Waals surface area contributed by atoms with Gasteiger partial charge in [-0.15, -0.1) is 0 Å². The van der Waals surface area contributed by atoms with Gasteiger partial charge in [-0.25, -0.2) is 0 Å². The van der Waals surface area contributed by atoms with Gasteiger partial charge in [0, 0.05) is 38.7 Å². The molecule has 1 saturated carbocycles. The van der Waals surface area contributed by atoms with Crippen molar-refractivity contribution in [2.75, 3.05) is 25.5 Å². The van der Waals surface area contributed by atoms with E-state index in [4.69, 9.17) is 0 Å². The topological polar surface area (TPSA) is 78.6 Å². The monoisotopic (exact) mass is 291 g/mol. The van der Waals surface area contributed by atoms with E-state index in [1.165, 1.54) is 0 Å². The molecule has 6 nitrogen and oxygen atoms in total. The minimum absolute atomic E-state index is 0.120. The first-order valence-corrected chi connectivity index (χ1v) is 7.44. The van der Waals surface area contributed by atoms with E-state index in [1.54, 1.807) is 19.2 Å². The fourth-order valence-corrected chi connectivity index (χ4v) is 3.75. The average molecular weight is 291 g/mol. The van der Waals surface area contributed by atoms with Crippen LogP contribution in [-0.2, 0) is 6.54 Å². The first-order chi connectivity index (χ1) is 10.1. The molecule has 2 fully saturated rings. The third-order valence-electron chi connectivity index (χ3n) is 4.83. The molecule has 0 spiro atoms. The number of anilines is 1. The van der Waals surface area contributed by atoms with Crippen LogP contribution in [0.4, 0.5) is 11.4 Å². The number of aliphatic hydroxyl groups is 1. The standard InChI is InChI=1S/C15H21N3O3/c1-16-13-4-2-10(6-14(13)18(20)21)7-17-8-11-3-5-15(19)12(11)9-17/h2,4,6,11-12,15-16,19H,3,5,7-9H2,1H3. The molecule has 21 heavy (non-hydrogen) atoms. The Morgan fingerprint density at radius 1 is 1.43 bits per heavy atom. The van der Waals surface area contributed by atoms with Crippen LogP contribution in [0.1, 0.15) is 18.4 Å². The third kappa shape index (κ3) is 2.73. The number of hydrogen-bond acceptors (Lipinski definition) is 5. The molecule has 1 aliphatic heterocycles. The number of rotatable bonds is 4. The maximum absolute atomic E-state index is 11.1. The summed E-state index contributed by atoms with van der Waals surface area (Å²) in [7, 11) is 1.69. The van der Waals surface area contributed by atoms with E-state index in [0.717, 1.165) is 31.5 Å². The number of nitrogens with zero attached hydrogens (tertiary/aromatic N) is 2. The summed E-state index contributed by atoms with van der Waals surface area (Å²) < 4.78 is 0. The zero-order chi connectivity index (χ0) is 15.0. The second-order valence-corrected chi connectivity index (χ2v) is 6.12. The molecule has 1 aliphatic carbocycles. The average Bonchev–Trinajstić information content (AvgIpc) is 3.01. The fraction of sp³-hybridized carbons (Fsp3) is 0.600. The summed E-state index contributed by atoms with van der Waals surface area (Å²) in [6, 6.07) is 5.35. The van der Waals surface area contributed by atoms with E-state index in [0.29, 0.717) is 24.1 Å². The molecule has 2 aliphatic rings. The smallest absolute Gasteiger partial charge is 0.292 e. The van der Waals surface area contributed by atoms with Gasteiger partial charge in [0.2, 0.25) is 0 Å². The molecule has 1 heterocycles. The molecule has 2 N–H and O–H groups in total. The highest BCUT2D eigenvalue weighted by Crippen LogP contribution is 2.38. The summed E-state index contributed by atoms with van der Waals surface area (Å²) in [5, 5.41) is 23.9.